The van der Waals surface area contributed by atoms with Gasteiger partial charge in [-0.1, -0.05) is 5.21 Å². The maximum absolute atomic E-state index is 4.37. The number of hydrogen-bond donors (Lipinski definition) is 0. The average Bonchev–Trinajstić information content (AvgIpc) is 2.93. The summed E-state index contributed by atoms with van der Waals surface area (Å²) in [6.45, 7) is 5.18. The van der Waals surface area contributed by atoms with Gasteiger partial charge in [-0.2, -0.15) is 0 Å². The monoisotopic (exact) mass is 282 g/mol. The number of benzene rings is 1. The fourth-order valence-corrected chi connectivity index (χ4v) is 2.87. The molecule has 6 heteroatoms. The predicted molar refractivity (Wildman–Crippen MR) is 81.9 cm³/mol. The Balaban J connectivity index is 1.68. The van der Waals surface area contributed by atoms with Gasteiger partial charge in [0.25, 0.3) is 0 Å². The number of likely N-dealkylation sites (N-methyl/N-ethyl adjacent to an activating group) is 1. The number of pyridine rings is 1. The lowest BCUT2D eigenvalue weighted by Gasteiger charge is -2.32. The van der Waals surface area contributed by atoms with Crippen LogP contribution in [0.15, 0.2) is 30.5 Å². The molecule has 0 atom stereocenters. The molecule has 0 saturated carbocycles. The molecular formula is C15H18N6. The van der Waals surface area contributed by atoms with Crippen molar-refractivity contribution < 1.29 is 0 Å². The van der Waals surface area contributed by atoms with Crippen molar-refractivity contribution in [2.24, 2.45) is 0 Å². The Bertz CT molecular complexity index is 772. The van der Waals surface area contributed by atoms with E-state index in [2.05, 4.69) is 44.3 Å². The zero-order chi connectivity index (χ0) is 14.2. The van der Waals surface area contributed by atoms with E-state index in [4.69, 9.17) is 0 Å². The lowest BCUT2D eigenvalue weighted by molar-refractivity contribution is 0.120. The molecule has 108 valence electrons. The van der Waals surface area contributed by atoms with E-state index in [1.807, 2.05) is 23.0 Å². The summed E-state index contributed by atoms with van der Waals surface area (Å²) in [6, 6.07) is 8.11. The van der Waals surface area contributed by atoms with Crippen molar-refractivity contribution >= 4 is 21.9 Å². The van der Waals surface area contributed by atoms with E-state index in [-0.39, 0.29) is 0 Å². The lowest BCUT2D eigenvalue weighted by Crippen LogP contribution is -2.45. The van der Waals surface area contributed by atoms with Crippen LogP contribution in [0.1, 0.15) is 0 Å². The van der Waals surface area contributed by atoms with Gasteiger partial charge >= 0.3 is 0 Å². The molecule has 0 N–H and O–H groups in total. The minimum atomic E-state index is 0.802. The summed E-state index contributed by atoms with van der Waals surface area (Å²) in [4.78, 5) is 9.15. The summed E-state index contributed by atoms with van der Waals surface area (Å²) < 4.78 is 1.99. The Morgan fingerprint density at radius 2 is 1.95 bits per heavy atom. The fraction of sp³-hybridized carbons (Fsp3) is 0.400. The lowest BCUT2D eigenvalue weighted by atomic mass is 10.2. The van der Waals surface area contributed by atoms with Crippen molar-refractivity contribution in [2.75, 3.05) is 33.2 Å². The van der Waals surface area contributed by atoms with Crippen molar-refractivity contribution in [3.63, 3.8) is 0 Å². The normalized spacial score (nSPS) is 17.8. The number of piperazine rings is 1. The van der Waals surface area contributed by atoms with E-state index in [0.29, 0.717) is 0 Å². The molecule has 21 heavy (non-hydrogen) atoms. The molecular weight excluding hydrogens is 264 g/mol. The first-order chi connectivity index (χ1) is 10.3. The molecule has 0 aliphatic carbocycles. The van der Waals surface area contributed by atoms with E-state index in [1.54, 1.807) is 0 Å². The van der Waals surface area contributed by atoms with Gasteiger partial charge in [-0.3, -0.25) is 9.88 Å². The Morgan fingerprint density at radius 3 is 2.81 bits per heavy atom. The van der Waals surface area contributed by atoms with Gasteiger partial charge < -0.3 is 4.90 Å². The third-order valence-electron chi connectivity index (χ3n) is 4.20. The first kappa shape index (κ1) is 12.7. The first-order valence-electron chi connectivity index (χ1n) is 7.29. The van der Waals surface area contributed by atoms with Gasteiger partial charge in [0.2, 0.25) is 0 Å². The van der Waals surface area contributed by atoms with Crippen LogP contribution in [-0.2, 0) is 6.67 Å². The summed E-state index contributed by atoms with van der Waals surface area (Å²) in [5.41, 5.74) is 2.99. The third kappa shape index (κ3) is 2.26. The number of fused-ring (bicyclic) bond motifs is 3. The van der Waals surface area contributed by atoms with E-state index in [1.165, 1.54) is 0 Å². The fourth-order valence-electron chi connectivity index (χ4n) is 2.87. The standard InChI is InChI=1S/C15H18N6/c1-19-7-9-20(10-8-19)11-21-14-5-4-13-12(3-2-6-16-13)15(14)17-18-21/h2-6H,7-11H2,1H3. The van der Waals surface area contributed by atoms with Crippen LogP contribution < -0.4 is 0 Å². The molecule has 6 nitrogen and oxygen atoms in total. The van der Waals surface area contributed by atoms with Crippen LogP contribution in [-0.4, -0.2) is 63.0 Å². The van der Waals surface area contributed by atoms with Crippen LogP contribution in [0.5, 0.6) is 0 Å². The van der Waals surface area contributed by atoms with Crippen LogP contribution in [0.25, 0.3) is 21.9 Å². The molecule has 0 amide bonds. The van der Waals surface area contributed by atoms with Crippen LogP contribution in [0.4, 0.5) is 0 Å². The molecule has 3 heterocycles. The van der Waals surface area contributed by atoms with Gasteiger partial charge in [0.1, 0.15) is 5.52 Å². The highest BCUT2D eigenvalue weighted by Crippen LogP contribution is 2.21. The third-order valence-corrected chi connectivity index (χ3v) is 4.20. The highest BCUT2D eigenvalue weighted by Gasteiger charge is 2.16. The minimum Gasteiger partial charge on any atom is -0.304 e. The second kappa shape index (κ2) is 5.05. The Hall–Kier alpha value is -2.05. The van der Waals surface area contributed by atoms with Crippen LogP contribution in [0.2, 0.25) is 0 Å². The van der Waals surface area contributed by atoms with E-state index in [9.17, 15) is 0 Å². The summed E-state index contributed by atoms with van der Waals surface area (Å²) in [5, 5.41) is 9.77. The molecule has 1 aromatic carbocycles. The second-order valence-corrected chi connectivity index (χ2v) is 5.66. The summed E-state index contributed by atoms with van der Waals surface area (Å²) in [6.07, 6.45) is 1.81. The molecule has 0 radical (unpaired) electrons. The maximum atomic E-state index is 4.37. The van der Waals surface area contributed by atoms with Crippen molar-refractivity contribution in [3.8, 4) is 0 Å². The van der Waals surface area contributed by atoms with Gasteiger partial charge in [-0.15, -0.1) is 5.10 Å². The Morgan fingerprint density at radius 1 is 1.10 bits per heavy atom. The first-order valence-corrected chi connectivity index (χ1v) is 7.29. The quantitative estimate of drug-likeness (QED) is 0.706. The van der Waals surface area contributed by atoms with Crippen molar-refractivity contribution in [3.05, 3.63) is 30.5 Å². The molecule has 1 aliphatic heterocycles. The van der Waals surface area contributed by atoms with Gasteiger partial charge in [0, 0.05) is 37.8 Å². The molecule has 1 aliphatic rings. The van der Waals surface area contributed by atoms with Gasteiger partial charge in [0.05, 0.1) is 17.7 Å². The Labute approximate surface area is 123 Å². The van der Waals surface area contributed by atoms with E-state index in [0.717, 1.165) is 54.8 Å². The van der Waals surface area contributed by atoms with E-state index < -0.39 is 0 Å². The van der Waals surface area contributed by atoms with Gasteiger partial charge in [-0.25, -0.2) is 4.68 Å². The van der Waals surface area contributed by atoms with Crippen molar-refractivity contribution in [1.82, 2.24) is 29.8 Å². The average molecular weight is 282 g/mol. The zero-order valence-electron chi connectivity index (χ0n) is 12.1. The SMILES string of the molecule is CN1CCN(Cn2nnc3c4cccnc4ccc32)CC1. The molecule has 0 bridgehead atoms. The summed E-state index contributed by atoms with van der Waals surface area (Å²) >= 11 is 0. The molecule has 2 aromatic heterocycles. The highest BCUT2D eigenvalue weighted by atomic mass is 15.5. The predicted octanol–water partition coefficient (Wildman–Crippen LogP) is 1.18. The number of hydrogen-bond acceptors (Lipinski definition) is 5. The maximum Gasteiger partial charge on any atom is 0.122 e. The summed E-state index contributed by atoms with van der Waals surface area (Å²) in [7, 11) is 2.17. The van der Waals surface area contributed by atoms with Gasteiger partial charge in [-0.05, 0) is 31.3 Å². The minimum absolute atomic E-state index is 0.802. The van der Waals surface area contributed by atoms with Crippen LogP contribution in [0, 0.1) is 0 Å². The number of nitrogens with zero attached hydrogens (tertiary/aromatic N) is 6. The molecule has 4 rings (SSSR count). The van der Waals surface area contributed by atoms with Gasteiger partial charge in [0.15, 0.2) is 0 Å². The van der Waals surface area contributed by atoms with E-state index >= 15 is 0 Å². The second-order valence-electron chi connectivity index (χ2n) is 5.66. The smallest absolute Gasteiger partial charge is 0.122 e. The molecule has 0 spiro atoms. The van der Waals surface area contributed by atoms with Crippen LogP contribution >= 0.6 is 0 Å². The summed E-state index contributed by atoms with van der Waals surface area (Å²) in [5.74, 6) is 0. The number of aromatic nitrogens is 4. The highest BCUT2D eigenvalue weighted by molar-refractivity contribution is 6.02. The Kier molecular flexibility index (Phi) is 3.05. The molecule has 1 saturated heterocycles. The molecule has 1 fully saturated rings. The van der Waals surface area contributed by atoms with Crippen molar-refractivity contribution in [2.45, 2.75) is 6.67 Å². The number of rotatable bonds is 2. The topological polar surface area (TPSA) is 50.1 Å². The largest absolute Gasteiger partial charge is 0.304 e. The van der Waals surface area contributed by atoms with Crippen molar-refractivity contribution in [1.29, 1.82) is 0 Å². The molecule has 0 unspecified atom stereocenters. The molecule has 3 aromatic rings. The van der Waals surface area contributed by atoms with Crippen LogP contribution in [0.3, 0.4) is 0 Å². The zero-order valence-corrected chi connectivity index (χ0v) is 12.1.